The SMILES string of the molecule is CC/C=C\C/C=C\C/C=C\CCCCCCCC(=O)NC(CS(=O)(=O)O)C(O)CCCCCCCCCCCCCCC. The highest BCUT2D eigenvalue weighted by Crippen LogP contribution is 2.15. The van der Waals surface area contributed by atoms with Crippen LogP contribution in [0.25, 0.3) is 0 Å². The summed E-state index contributed by atoms with van der Waals surface area (Å²) in [4.78, 5) is 12.4. The quantitative estimate of drug-likeness (QED) is 0.0404. The molecular formula is C36H67NO5S. The number of nitrogens with one attached hydrogen (secondary N) is 1. The summed E-state index contributed by atoms with van der Waals surface area (Å²) < 4.78 is 32.4. The molecule has 0 aliphatic rings. The van der Waals surface area contributed by atoms with Crippen LogP contribution < -0.4 is 5.32 Å². The minimum absolute atomic E-state index is 0.265. The average Bonchev–Trinajstić information content (AvgIpc) is 2.96. The molecular weight excluding hydrogens is 558 g/mol. The maximum absolute atomic E-state index is 12.4. The van der Waals surface area contributed by atoms with E-state index >= 15 is 0 Å². The molecule has 0 bridgehead atoms. The first kappa shape index (κ1) is 41.6. The fraction of sp³-hybridized carbons (Fsp3) is 0.806. The highest BCUT2D eigenvalue weighted by molar-refractivity contribution is 7.85. The molecule has 0 fully saturated rings. The molecule has 2 unspecified atom stereocenters. The normalized spacial score (nSPS) is 13.9. The van der Waals surface area contributed by atoms with Crippen LogP contribution in [0.5, 0.6) is 0 Å². The molecule has 252 valence electrons. The van der Waals surface area contributed by atoms with Crippen molar-refractivity contribution in [2.45, 2.75) is 180 Å². The topological polar surface area (TPSA) is 104 Å². The lowest BCUT2D eigenvalue weighted by Gasteiger charge is -2.23. The highest BCUT2D eigenvalue weighted by atomic mass is 32.2. The van der Waals surface area contributed by atoms with Crippen molar-refractivity contribution in [1.29, 1.82) is 0 Å². The second-order valence-electron chi connectivity index (χ2n) is 12.1. The molecule has 0 aromatic heterocycles. The molecule has 0 spiro atoms. The number of unbranched alkanes of at least 4 members (excludes halogenated alkanes) is 17. The van der Waals surface area contributed by atoms with Crippen LogP contribution in [0, 0.1) is 0 Å². The molecule has 3 N–H and O–H groups in total. The number of rotatable bonds is 31. The van der Waals surface area contributed by atoms with E-state index in [4.69, 9.17) is 0 Å². The summed E-state index contributed by atoms with van der Waals surface area (Å²) in [5, 5.41) is 13.3. The van der Waals surface area contributed by atoms with Crippen molar-refractivity contribution in [3.8, 4) is 0 Å². The van der Waals surface area contributed by atoms with Gasteiger partial charge >= 0.3 is 0 Å². The van der Waals surface area contributed by atoms with Gasteiger partial charge < -0.3 is 10.4 Å². The molecule has 1 amide bonds. The second-order valence-corrected chi connectivity index (χ2v) is 13.6. The summed E-state index contributed by atoms with van der Waals surface area (Å²) >= 11 is 0. The Morgan fingerprint density at radius 3 is 1.65 bits per heavy atom. The van der Waals surface area contributed by atoms with Crippen LogP contribution in [0.1, 0.15) is 168 Å². The van der Waals surface area contributed by atoms with Crippen molar-refractivity contribution < 1.29 is 22.9 Å². The van der Waals surface area contributed by atoms with E-state index in [1.54, 1.807) is 0 Å². The zero-order chi connectivity index (χ0) is 31.9. The largest absolute Gasteiger partial charge is 0.391 e. The zero-order valence-electron chi connectivity index (χ0n) is 27.8. The highest BCUT2D eigenvalue weighted by Gasteiger charge is 2.26. The van der Waals surface area contributed by atoms with Gasteiger partial charge in [0.1, 0.15) is 0 Å². The van der Waals surface area contributed by atoms with Crippen molar-refractivity contribution in [3.63, 3.8) is 0 Å². The summed E-state index contributed by atoms with van der Waals surface area (Å²) in [5.41, 5.74) is 0. The standard InChI is InChI=1S/C36H67NO5S/c1-3-5-7-9-11-13-15-17-18-20-22-24-26-28-30-32-36(39)37-34(33-43(40,41)42)35(38)31-29-27-25-23-21-19-16-14-12-10-8-6-4-2/h5,7,11,13,17-18,34-35,38H,3-4,6,8-10,12,14-16,19-33H2,1-2H3,(H,37,39)(H,40,41,42)/b7-5-,13-11-,18-17-. The van der Waals surface area contributed by atoms with Crippen LogP contribution in [-0.4, -0.2) is 41.9 Å². The van der Waals surface area contributed by atoms with Gasteiger partial charge in [-0.05, 0) is 44.9 Å². The van der Waals surface area contributed by atoms with Gasteiger partial charge in [0, 0.05) is 6.42 Å². The smallest absolute Gasteiger partial charge is 0.266 e. The molecule has 0 aliphatic heterocycles. The second kappa shape index (κ2) is 30.6. The van der Waals surface area contributed by atoms with E-state index in [9.17, 15) is 22.9 Å². The number of carbonyl (C=O) groups excluding carboxylic acids is 1. The molecule has 0 heterocycles. The van der Waals surface area contributed by atoms with Gasteiger partial charge in [-0.1, -0.05) is 153 Å². The summed E-state index contributed by atoms with van der Waals surface area (Å²) in [7, 11) is -4.31. The monoisotopic (exact) mass is 625 g/mol. The van der Waals surface area contributed by atoms with E-state index in [0.29, 0.717) is 12.8 Å². The minimum atomic E-state index is -4.31. The van der Waals surface area contributed by atoms with Crippen molar-refractivity contribution in [1.82, 2.24) is 5.32 Å². The van der Waals surface area contributed by atoms with Crippen LogP contribution in [0.4, 0.5) is 0 Å². The van der Waals surface area contributed by atoms with Gasteiger partial charge in [0.25, 0.3) is 10.1 Å². The summed E-state index contributed by atoms with van der Waals surface area (Å²) in [6, 6.07) is -0.978. The van der Waals surface area contributed by atoms with E-state index in [1.807, 2.05) is 0 Å². The Morgan fingerprint density at radius 1 is 0.651 bits per heavy atom. The third kappa shape index (κ3) is 31.8. The Kier molecular flexibility index (Phi) is 29.6. The Labute approximate surface area is 266 Å². The predicted octanol–water partition coefficient (Wildman–Crippen LogP) is 9.79. The fourth-order valence-electron chi connectivity index (χ4n) is 5.23. The molecule has 0 saturated carbocycles. The first-order valence-corrected chi connectivity index (χ1v) is 19.3. The van der Waals surface area contributed by atoms with Gasteiger partial charge in [-0.3, -0.25) is 9.35 Å². The molecule has 7 heteroatoms. The molecule has 0 aromatic rings. The lowest BCUT2D eigenvalue weighted by Crippen LogP contribution is -2.47. The minimum Gasteiger partial charge on any atom is -0.391 e. The van der Waals surface area contributed by atoms with Crippen LogP contribution in [-0.2, 0) is 14.9 Å². The fourth-order valence-corrected chi connectivity index (χ4v) is 5.99. The number of amides is 1. The summed E-state index contributed by atoms with van der Waals surface area (Å²) in [5.74, 6) is -0.920. The lowest BCUT2D eigenvalue weighted by molar-refractivity contribution is -0.122. The van der Waals surface area contributed by atoms with Gasteiger partial charge in [-0.15, -0.1) is 0 Å². The maximum atomic E-state index is 12.4. The van der Waals surface area contributed by atoms with Crippen LogP contribution in [0.2, 0.25) is 0 Å². The number of hydrogen-bond acceptors (Lipinski definition) is 4. The molecule has 0 aliphatic carbocycles. The number of allylic oxidation sites excluding steroid dienone is 6. The average molecular weight is 626 g/mol. The Balaban J connectivity index is 3.98. The number of aliphatic hydroxyl groups excluding tert-OH is 1. The molecule has 6 nitrogen and oxygen atoms in total. The summed E-state index contributed by atoms with van der Waals surface area (Å²) in [6.07, 6.45) is 38.0. The van der Waals surface area contributed by atoms with Gasteiger partial charge in [-0.25, -0.2) is 0 Å². The Morgan fingerprint density at radius 2 is 1.12 bits per heavy atom. The van der Waals surface area contributed by atoms with E-state index in [2.05, 4.69) is 55.6 Å². The molecule has 0 aromatic carbocycles. The molecule has 2 atom stereocenters. The van der Waals surface area contributed by atoms with Crippen LogP contribution in [0.15, 0.2) is 36.5 Å². The van der Waals surface area contributed by atoms with Crippen LogP contribution >= 0.6 is 0 Å². The predicted molar refractivity (Wildman–Crippen MR) is 184 cm³/mol. The van der Waals surface area contributed by atoms with E-state index in [1.165, 1.54) is 64.2 Å². The lowest BCUT2D eigenvalue weighted by atomic mass is 10.0. The van der Waals surface area contributed by atoms with Gasteiger partial charge in [-0.2, -0.15) is 8.42 Å². The van der Waals surface area contributed by atoms with E-state index < -0.39 is 28.0 Å². The Hall–Kier alpha value is -1.44. The third-order valence-electron chi connectivity index (χ3n) is 7.86. The van der Waals surface area contributed by atoms with Crippen molar-refractivity contribution in [2.75, 3.05) is 5.75 Å². The number of hydrogen-bond donors (Lipinski definition) is 3. The van der Waals surface area contributed by atoms with Crippen molar-refractivity contribution in [3.05, 3.63) is 36.5 Å². The number of carbonyl (C=O) groups is 1. The first-order valence-electron chi connectivity index (χ1n) is 17.7. The number of aliphatic hydroxyl groups is 1. The van der Waals surface area contributed by atoms with Gasteiger partial charge in [0.2, 0.25) is 5.91 Å². The zero-order valence-corrected chi connectivity index (χ0v) is 28.6. The maximum Gasteiger partial charge on any atom is 0.266 e. The molecule has 0 saturated heterocycles. The molecule has 0 rings (SSSR count). The summed E-state index contributed by atoms with van der Waals surface area (Å²) in [6.45, 7) is 4.38. The Bertz CT molecular complexity index is 821. The van der Waals surface area contributed by atoms with Crippen molar-refractivity contribution >= 4 is 16.0 Å². The van der Waals surface area contributed by atoms with E-state index in [0.717, 1.165) is 77.0 Å². The van der Waals surface area contributed by atoms with Crippen LogP contribution in [0.3, 0.4) is 0 Å². The third-order valence-corrected chi connectivity index (χ3v) is 8.64. The molecule has 43 heavy (non-hydrogen) atoms. The first-order chi connectivity index (χ1) is 20.8. The van der Waals surface area contributed by atoms with Crippen molar-refractivity contribution in [2.24, 2.45) is 0 Å². The van der Waals surface area contributed by atoms with Gasteiger partial charge in [0.05, 0.1) is 17.9 Å². The molecule has 0 radical (unpaired) electrons. The van der Waals surface area contributed by atoms with E-state index in [-0.39, 0.29) is 5.91 Å². The van der Waals surface area contributed by atoms with Gasteiger partial charge in [0.15, 0.2) is 0 Å².